The van der Waals surface area contributed by atoms with E-state index in [1.807, 2.05) is 30.7 Å². The quantitative estimate of drug-likeness (QED) is 0.291. The molecule has 41 heavy (non-hydrogen) atoms. The second-order valence-corrected chi connectivity index (χ2v) is 11.3. The molecule has 0 aromatic carbocycles. The summed E-state index contributed by atoms with van der Waals surface area (Å²) in [6.45, 7) is 8.79. The zero-order valence-corrected chi connectivity index (χ0v) is 24.4. The van der Waals surface area contributed by atoms with E-state index in [1.54, 1.807) is 0 Å². The number of hydrogen-bond donors (Lipinski definition) is 1. The van der Waals surface area contributed by atoms with Crippen molar-refractivity contribution in [3.63, 3.8) is 0 Å². The number of pyridine rings is 3. The van der Waals surface area contributed by atoms with E-state index in [0.29, 0.717) is 6.54 Å². The van der Waals surface area contributed by atoms with Crippen LogP contribution in [0.5, 0.6) is 5.75 Å². The molecule has 0 amide bonds. The zero-order chi connectivity index (χ0) is 28.2. The van der Waals surface area contributed by atoms with Crippen LogP contribution in [0.4, 0.5) is 5.82 Å². The molecule has 0 spiro atoms. The lowest BCUT2D eigenvalue weighted by atomic mass is 9.98. The lowest BCUT2D eigenvalue weighted by Gasteiger charge is -2.33. The molecule has 2 aliphatic rings. The van der Waals surface area contributed by atoms with Gasteiger partial charge in [0, 0.05) is 50.7 Å². The summed E-state index contributed by atoms with van der Waals surface area (Å²) in [5, 5.41) is 0. The van der Waals surface area contributed by atoms with Crippen molar-refractivity contribution in [3.8, 4) is 17.0 Å². The van der Waals surface area contributed by atoms with Gasteiger partial charge in [0.15, 0.2) is 11.6 Å². The second kappa shape index (κ2) is 12.3. The van der Waals surface area contributed by atoms with Gasteiger partial charge >= 0.3 is 0 Å². The highest BCUT2D eigenvalue weighted by atomic mass is 16.5. The Morgan fingerprint density at radius 3 is 2.68 bits per heavy atom. The average Bonchev–Trinajstić information content (AvgIpc) is 3.44. The summed E-state index contributed by atoms with van der Waals surface area (Å²) in [5.41, 5.74) is 6.24. The minimum absolute atomic E-state index is 0.272. The first-order valence-corrected chi connectivity index (χ1v) is 15.0. The number of aryl methyl sites for hydroxylation is 1. The molecule has 214 valence electrons. The van der Waals surface area contributed by atoms with E-state index in [2.05, 4.69) is 52.8 Å². The van der Waals surface area contributed by atoms with Crippen LogP contribution in [0.2, 0.25) is 0 Å². The third kappa shape index (κ3) is 6.10. The van der Waals surface area contributed by atoms with E-state index >= 15 is 0 Å². The number of H-pyrrole nitrogens is 1. The predicted octanol–water partition coefficient (Wildman–Crippen LogP) is 5.43. The van der Waals surface area contributed by atoms with Crippen LogP contribution in [0.25, 0.3) is 22.3 Å². The minimum Gasteiger partial charge on any atom is -0.489 e. The predicted molar refractivity (Wildman–Crippen MR) is 164 cm³/mol. The number of nitrogens with one attached hydrogen (secondary N) is 1. The molecule has 0 unspecified atom stereocenters. The van der Waals surface area contributed by atoms with E-state index in [4.69, 9.17) is 24.7 Å². The van der Waals surface area contributed by atoms with E-state index < -0.39 is 0 Å². The Hall–Kier alpha value is -3.85. The van der Waals surface area contributed by atoms with Gasteiger partial charge in [-0.1, -0.05) is 19.4 Å². The van der Waals surface area contributed by atoms with Gasteiger partial charge in [-0.2, -0.15) is 0 Å². The number of anilines is 1. The maximum Gasteiger partial charge on any atom is 0.159 e. The lowest BCUT2D eigenvalue weighted by Crippen LogP contribution is -2.44. The smallest absolute Gasteiger partial charge is 0.159 e. The molecule has 1 N–H and O–H groups in total. The normalized spacial score (nSPS) is 17.3. The first-order chi connectivity index (χ1) is 20.1. The number of imidazole rings is 1. The van der Waals surface area contributed by atoms with Crippen LogP contribution in [-0.4, -0.2) is 81.4 Å². The third-order valence-corrected chi connectivity index (χ3v) is 8.09. The number of fused-ring (bicyclic) bond motifs is 1. The van der Waals surface area contributed by atoms with Crippen molar-refractivity contribution in [1.82, 2.24) is 29.8 Å². The van der Waals surface area contributed by atoms with Gasteiger partial charge in [0.05, 0.1) is 29.2 Å². The first-order valence-electron chi connectivity index (χ1n) is 15.0. The number of rotatable bonds is 8. The zero-order valence-electron chi connectivity index (χ0n) is 24.4. The molecule has 1 saturated heterocycles. The van der Waals surface area contributed by atoms with E-state index in [-0.39, 0.29) is 6.10 Å². The van der Waals surface area contributed by atoms with Gasteiger partial charge in [-0.25, -0.2) is 15.0 Å². The highest BCUT2D eigenvalue weighted by Crippen LogP contribution is 2.28. The fraction of sp³-hybridized carbons (Fsp3) is 0.469. The van der Waals surface area contributed by atoms with Gasteiger partial charge in [0.25, 0.3) is 0 Å². The highest BCUT2D eigenvalue weighted by molar-refractivity contribution is 6.12. The lowest BCUT2D eigenvalue weighted by molar-refractivity contribution is 0.154. The van der Waals surface area contributed by atoms with Crippen molar-refractivity contribution in [1.29, 1.82) is 0 Å². The molecule has 4 aromatic heterocycles. The van der Waals surface area contributed by atoms with E-state index in [0.717, 1.165) is 102 Å². The summed E-state index contributed by atoms with van der Waals surface area (Å²) in [6.07, 6.45) is 12.7. The van der Waals surface area contributed by atoms with Crippen molar-refractivity contribution in [3.05, 3.63) is 59.9 Å². The Labute approximate surface area is 242 Å². The Balaban J connectivity index is 1.34. The van der Waals surface area contributed by atoms with Crippen molar-refractivity contribution in [2.75, 3.05) is 44.7 Å². The van der Waals surface area contributed by atoms with Crippen LogP contribution in [-0.2, 0) is 0 Å². The molecule has 0 radical (unpaired) electrons. The Kier molecular flexibility index (Phi) is 8.23. The molecular formula is C32H40N8O. The molecule has 1 aliphatic heterocycles. The van der Waals surface area contributed by atoms with Crippen LogP contribution in [0.1, 0.15) is 62.5 Å². The highest BCUT2D eigenvalue weighted by Gasteiger charge is 2.22. The molecule has 1 aliphatic carbocycles. The van der Waals surface area contributed by atoms with Crippen molar-refractivity contribution >= 4 is 22.6 Å². The van der Waals surface area contributed by atoms with E-state index in [9.17, 15) is 0 Å². The summed E-state index contributed by atoms with van der Waals surface area (Å²) in [7, 11) is 2.16. The van der Waals surface area contributed by atoms with Gasteiger partial charge < -0.3 is 19.5 Å². The molecular weight excluding hydrogens is 512 g/mol. The maximum absolute atomic E-state index is 6.30. The molecule has 0 atom stereocenters. The molecule has 5 heterocycles. The van der Waals surface area contributed by atoms with Crippen LogP contribution >= 0.6 is 0 Å². The Morgan fingerprint density at radius 1 is 1.05 bits per heavy atom. The summed E-state index contributed by atoms with van der Waals surface area (Å²) >= 11 is 0. The summed E-state index contributed by atoms with van der Waals surface area (Å²) < 4.78 is 6.30. The monoisotopic (exact) mass is 552 g/mol. The van der Waals surface area contributed by atoms with Crippen LogP contribution in [0.15, 0.2) is 47.8 Å². The number of ether oxygens (including phenoxy) is 1. The number of aliphatic imine (C=N–C) groups is 1. The molecule has 4 aromatic rings. The number of nitrogens with zero attached hydrogens (tertiary/aromatic N) is 7. The van der Waals surface area contributed by atoms with Crippen LogP contribution in [0.3, 0.4) is 0 Å². The molecule has 9 nitrogen and oxygen atoms in total. The van der Waals surface area contributed by atoms with Gasteiger partial charge in [-0.3, -0.25) is 9.98 Å². The summed E-state index contributed by atoms with van der Waals surface area (Å²) in [5.74, 6) is 2.45. The number of aromatic amines is 1. The SMILES string of the molecule is CCC/N=C(/c1nc2c(N3CCN(C)CC3)nccc2[nH]1)c1nc(-c2cncc(OC3CCCCC3)c2)ccc1C. The number of hydrogen-bond acceptors (Lipinski definition) is 8. The van der Waals surface area contributed by atoms with Crippen molar-refractivity contribution in [2.24, 2.45) is 4.99 Å². The third-order valence-electron chi connectivity index (χ3n) is 8.09. The van der Waals surface area contributed by atoms with Crippen molar-refractivity contribution < 1.29 is 4.74 Å². The largest absolute Gasteiger partial charge is 0.489 e. The number of aromatic nitrogens is 5. The average molecular weight is 553 g/mol. The van der Waals surface area contributed by atoms with Gasteiger partial charge in [-0.15, -0.1) is 0 Å². The topological polar surface area (TPSA) is 95.4 Å². The number of likely N-dealkylation sites (N-methyl/N-ethyl adjacent to an activating group) is 1. The van der Waals surface area contributed by atoms with Gasteiger partial charge in [0.2, 0.25) is 0 Å². The molecule has 9 heteroatoms. The fourth-order valence-corrected chi connectivity index (χ4v) is 5.70. The number of piperazine rings is 1. The van der Waals surface area contributed by atoms with Crippen molar-refractivity contribution in [2.45, 2.75) is 58.5 Å². The second-order valence-electron chi connectivity index (χ2n) is 11.3. The van der Waals surface area contributed by atoms with Crippen LogP contribution in [0, 0.1) is 6.92 Å². The Morgan fingerprint density at radius 2 is 1.88 bits per heavy atom. The maximum atomic E-state index is 6.30. The summed E-state index contributed by atoms with van der Waals surface area (Å²) in [4.78, 5) is 32.7. The fourth-order valence-electron chi connectivity index (χ4n) is 5.70. The molecule has 0 bridgehead atoms. The molecule has 2 fully saturated rings. The van der Waals surface area contributed by atoms with E-state index in [1.165, 1.54) is 19.3 Å². The summed E-state index contributed by atoms with van der Waals surface area (Å²) in [6, 6.07) is 8.20. The molecule has 1 saturated carbocycles. The minimum atomic E-state index is 0.272. The molecule has 6 rings (SSSR count). The van der Waals surface area contributed by atoms with Gasteiger partial charge in [0.1, 0.15) is 17.0 Å². The van der Waals surface area contributed by atoms with Crippen LogP contribution < -0.4 is 9.64 Å². The standard InChI is InChI=1S/C32H40N8O/c1-4-13-34-30(31-37-27-12-14-35-32(29(27)38-31)40-17-15-39(3)16-18-40)28-22(2)10-11-26(36-28)23-19-25(21-33-20-23)41-24-8-6-5-7-9-24/h10-12,14,19-21,24H,4-9,13,15-18H2,1-3H3,(H,37,38)/b34-30+. The Bertz CT molecular complexity index is 1520. The first kappa shape index (κ1) is 27.3. The van der Waals surface area contributed by atoms with Gasteiger partial charge in [-0.05, 0) is 69.8 Å².